The van der Waals surface area contributed by atoms with Crippen molar-refractivity contribution in [1.82, 2.24) is 5.32 Å². The summed E-state index contributed by atoms with van der Waals surface area (Å²) in [6, 6.07) is -0.767. The van der Waals surface area contributed by atoms with Gasteiger partial charge in [0.2, 0.25) is 5.91 Å². The van der Waals surface area contributed by atoms with E-state index in [1.165, 1.54) is 89.9 Å². The molecule has 0 bridgehead atoms. The summed E-state index contributed by atoms with van der Waals surface area (Å²) in [6.45, 7) is 4.83. The van der Waals surface area contributed by atoms with Gasteiger partial charge in [-0.05, 0) is 38.5 Å². The van der Waals surface area contributed by atoms with Crippen LogP contribution in [0.4, 0.5) is 0 Å². The molecule has 3 unspecified atom stereocenters. The third-order valence-corrected chi connectivity index (χ3v) is 10.9. The number of unbranched alkanes of at least 4 members (excludes halogenated alkanes) is 19. The maximum atomic E-state index is 12.9. The predicted molar refractivity (Wildman–Crippen MR) is 212 cm³/mol. The van der Waals surface area contributed by atoms with E-state index in [9.17, 15) is 19.4 Å². The van der Waals surface area contributed by atoms with Crippen LogP contribution >= 0.6 is 7.82 Å². The van der Waals surface area contributed by atoms with Crippen LogP contribution in [0.15, 0.2) is 12.2 Å². The van der Waals surface area contributed by atoms with E-state index in [-0.39, 0.29) is 19.1 Å². The van der Waals surface area contributed by atoms with Gasteiger partial charge in [0.15, 0.2) is 0 Å². The van der Waals surface area contributed by atoms with Crippen LogP contribution in [0.5, 0.6) is 0 Å². The van der Waals surface area contributed by atoms with Gasteiger partial charge in [-0.2, -0.15) is 0 Å². The first-order valence-electron chi connectivity index (χ1n) is 21.2. The van der Waals surface area contributed by atoms with E-state index in [4.69, 9.17) is 13.8 Å². The van der Waals surface area contributed by atoms with Gasteiger partial charge in [-0.15, -0.1) is 0 Å². The number of rotatable bonds is 37. The number of aliphatic hydroxyl groups is 1. The van der Waals surface area contributed by atoms with E-state index in [0.717, 1.165) is 64.2 Å². The molecule has 3 N–H and O–H groups in total. The number of quaternary nitrogens is 1. The summed E-state index contributed by atoms with van der Waals surface area (Å²) in [6.07, 6.45) is 34.0. The van der Waals surface area contributed by atoms with E-state index in [0.29, 0.717) is 36.1 Å². The Bertz CT molecular complexity index is 913. The van der Waals surface area contributed by atoms with Crippen LogP contribution in [0.25, 0.3) is 0 Å². The van der Waals surface area contributed by atoms with Gasteiger partial charge in [0, 0.05) is 6.42 Å². The molecular formula is C41H82N2O7P+. The highest BCUT2D eigenvalue weighted by Crippen LogP contribution is 2.43. The van der Waals surface area contributed by atoms with Crippen molar-refractivity contribution in [1.29, 1.82) is 0 Å². The van der Waals surface area contributed by atoms with Crippen molar-refractivity contribution in [2.75, 3.05) is 40.9 Å². The highest BCUT2D eigenvalue weighted by Gasteiger charge is 2.36. The number of hydrogen-bond acceptors (Lipinski definition) is 6. The van der Waals surface area contributed by atoms with E-state index in [1.807, 2.05) is 21.1 Å². The van der Waals surface area contributed by atoms with Crippen molar-refractivity contribution in [2.24, 2.45) is 0 Å². The second-order valence-corrected chi connectivity index (χ2v) is 17.6. The van der Waals surface area contributed by atoms with Crippen molar-refractivity contribution in [3.8, 4) is 0 Å². The van der Waals surface area contributed by atoms with E-state index < -0.39 is 20.0 Å². The lowest BCUT2D eigenvalue weighted by atomic mass is 10.0. The Morgan fingerprint density at radius 1 is 0.765 bits per heavy atom. The molecule has 0 saturated carbocycles. The summed E-state index contributed by atoms with van der Waals surface area (Å²) < 4.78 is 29.3. The molecule has 1 aliphatic rings. The number of epoxide rings is 1. The van der Waals surface area contributed by atoms with Gasteiger partial charge >= 0.3 is 7.82 Å². The number of carbonyl (C=O) groups is 1. The first-order valence-corrected chi connectivity index (χ1v) is 22.7. The van der Waals surface area contributed by atoms with Gasteiger partial charge < -0.3 is 24.5 Å². The summed E-state index contributed by atoms with van der Waals surface area (Å²) in [4.78, 5) is 23.1. The van der Waals surface area contributed by atoms with Crippen LogP contribution in [0.3, 0.4) is 0 Å². The van der Waals surface area contributed by atoms with E-state index in [2.05, 4.69) is 31.3 Å². The van der Waals surface area contributed by atoms with Crippen LogP contribution < -0.4 is 5.32 Å². The maximum Gasteiger partial charge on any atom is 0.472 e. The van der Waals surface area contributed by atoms with Crippen LogP contribution in [0.1, 0.15) is 181 Å². The maximum absolute atomic E-state index is 12.9. The number of likely N-dealkylation sites (N-methyl/N-ethyl adjacent to an activating group) is 1. The van der Waals surface area contributed by atoms with Gasteiger partial charge in [-0.3, -0.25) is 13.8 Å². The third-order valence-electron chi connectivity index (χ3n) is 9.94. The van der Waals surface area contributed by atoms with Gasteiger partial charge in [-0.25, -0.2) is 4.57 Å². The van der Waals surface area contributed by atoms with Crippen molar-refractivity contribution in [3.05, 3.63) is 12.2 Å². The summed E-state index contributed by atoms with van der Waals surface area (Å²) in [5.41, 5.74) is 0. The first kappa shape index (κ1) is 48.2. The zero-order valence-corrected chi connectivity index (χ0v) is 34.7. The Morgan fingerprint density at radius 2 is 1.31 bits per heavy atom. The molecule has 1 fully saturated rings. The highest BCUT2D eigenvalue weighted by atomic mass is 31.2. The van der Waals surface area contributed by atoms with Crippen molar-refractivity contribution < 1.29 is 37.6 Å². The van der Waals surface area contributed by atoms with E-state index in [1.54, 1.807) is 0 Å². The van der Waals surface area contributed by atoms with Gasteiger partial charge in [0.25, 0.3) is 0 Å². The fourth-order valence-corrected chi connectivity index (χ4v) is 7.14. The summed E-state index contributed by atoms with van der Waals surface area (Å²) in [5, 5.41) is 13.9. The lowest BCUT2D eigenvalue weighted by Gasteiger charge is -2.26. The number of allylic oxidation sites excluding steroid dienone is 1. The fraction of sp³-hybridized carbons (Fsp3) is 0.927. The lowest BCUT2D eigenvalue weighted by Crippen LogP contribution is -2.46. The molecule has 0 spiro atoms. The number of ether oxygens (including phenoxy) is 1. The van der Waals surface area contributed by atoms with Crippen LogP contribution in [-0.4, -0.2) is 85.6 Å². The molecule has 0 aromatic rings. The molecule has 1 aliphatic heterocycles. The molecule has 10 heteroatoms. The molecule has 0 aromatic heterocycles. The number of carbonyl (C=O) groups excluding carboxylic acids is 1. The molecule has 1 rings (SSSR count). The third kappa shape index (κ3) is 30.2. The number of phosphoric ester groups is 1. The zero-order chi connectivity index (χ0) is 37.6. The number of nitrogens with zero attached hydrogens (tertiary/aromatic N) is 1. The normalized spacial score (nSPS) is 18.6. The molecule has 302 valence electrons. The average Bonchev–Trinajstić information content (AvgIpc) is 3.83. The van der Waals surface area contributed by atoms with Gasteiger partial charge in [0.05, 0.1) is 52.1 Å². The van der Waals surface area contributed by atoms with Crippen LogP contribution in [0, 0.1) is 0 Å². The molecule has 5 atom stereocenters. The van der Waals surface area contributed by atoms with Crippen molar-refractivity contribution in [3.63, 3.8) is 0 Å². The summed E-state index contributed by atoms with van der Waals surface area (Å²) >= 11 is 0. The molecule has 0 radical (unpaired) electrons. The second-order valence-electron chi connectivity index (χ2n) is 16.1. The van der Waals surface area contributed by atoms with Crippen molar-refractivity contribution in [2.45, 2.75) is 205 Å². The topological polar surface area (TPSA) is 118 Å². The molecule has 1 heterocycles. The molecule has 9 nitrogen and oxygen atoms in total. The molecule has 1 saturated heterocycles. The van der Waals surface area contributed by atoms with Gasteiger partial charge in [0.1, 0.15) is 13.2 Å². The first-order chi connectivity index (χ1) is 24.5. The lowest BCUT2D eigenvalue weighted by molar-refractivity contribution is -0.870. The molecule has 0 aliphatic carbocycles. The number of nitrogens with one attached hydrogen (secondary N) is 1. The molecular weight excluding hydrogens is 663 g/mol. The molecule has 0 aromatic carbocycles. The Kier molecular flexibility index (Phi) is 28.9. The largest absolute Gasteiger partial charge is 0.472 e. The predicted octanol–water partition coefficient (Wildman–Crippen LogP) is 10.2. The number of hydrogen-bond donors (Lipinski definition) is 3. The Morgan fingerprint density at radius 3 is 1.92 bits per heavy atom. The Balaban J connectivity index is 2.31. The molecule has 51 heavy (non-hydrogen) atoms. The van der Waals surface area contributed by atoms with Crippen LogP contribution in [0.2, 0.25) is 0 Å². The minimum atomic E-state index is -4.31. The SMILES string of the molecule is CCCCCCCCCCCCCCC[C@@H](O)[C@H](COP(=O)(O)OCC[N+](C)(C)C)NC(=O)CCCCCCC/C=C\CC1OC1CCCCC. The Hall–Kier alpha value is -0.800. The highest BCUT2D eigenvalue weighted by molar-refractivity contribution is 7.47. The minimum Gasteiger partial charge on any atom is -0.391 e. The number of amides is 1. The molecule has 1 amide bonds. The summed E-state index contributed by atoms with van der Waals surface area (Å²) in [7, 11) is 1.60. The monoisotopic (exact) mass is 746 g/mol. The summed E-state index contributed by atoms with van der Waals surface area (Å²) in [5.74, 6) is -0.162. The smallest absolute Gasteiger partial charge is 0.391 e. The van der Waals surface area contributed by atoms with Gasteiger partial charge in [-0.1, -0.05) is 148 Å². The fourth-order valence-electron chi connectivity index (χ4n) is 6.40. The number of aliphatic hydroxyl groups excluding tert-OH is 1. The zero-order valence-electron chi connectivity index (χ0n) is 33.8. The average molecular weight is 746 g/mol. The van der Waals surface area contributed by atoms with E-state index >= 15 is 0 Å². The quantitative estimate of drug-likeness (QED) is 0.0191. The second kappa shape index (κ2) is 30.5. The standard InChI is InChI=1S/C41H81N2O7P/c1-6-8-10-11-12-13-14-15-16-17-20-23-27-30-38(44)37(36-49-51(46,47)48-35-34-43(3,4)5)42-41(45)33-29-25-22-19-18-21-24-28-32-40-39(50-40)31-26-9-7-2/h24,28,37-40,44H,6-23,25-27,29-36H2,1-5H3,(H-,42,45,46,47)/p+1/b28-24-/t37-,38+,39?,40?/m0/s1. The number of phosphoric acid groups is 1. The Labute approximate surface area is 314 Å². The van der Waals surface area contributed by atoms with Crippen LogP contribution in [-0.2, 0) is 23.1 Å². The van der Waals surface area contributed by atoms with Crippen molar-refractivity contribution >= 4 is 13.7 Å². The minimum absolute atomic E-state index is 0.0706.